The van der Waals surface area contributed by atoms with Gasteiger partial charge in [-0.15, -0.1) is 0 Å². The average Bonchev–Trinajstić information content (AvgIpc) is 3.34. The summed E-state index contributed by atoms with van der Waals surface area (Å²) in [6.45, 7) is 3.94. The standard InChI is InChI=1S/C24H23N3O6/c1-14(15-7-8-18-19(11-15)32-10-9-31-18)25-21(28)13-27-22(29)24(2,26-23(27)30)20-12-16-5-3-4-6-17(16)33-20/h3-8,11-12,14H,9-10,13H2,1-2H3,(H,25,28)(H,26,30)/t14-,24-/m1/s1. The van der Waals surface area contributed by atoms with E-state index in [9.17, 15) is 14.4 Å². The van der Waals surface area contributed by atoms with Gasteiger partial charge in [-0.25, -0.2) is 4.79 Å². The van der Waals surface area contributed by atoms with Crippen LogP contribution in [0.5, 0.6) is 11.5 Å². The molecule has 1 fully saturated rings. The normalized spacial score (nSPS) is 20.6. The Morgan fingerprint density at radius 2 is 1.88 bits per heavy atom. The van der Waals surface area contributed by atoms with Gasteiger partial charge >= 0.3 is 6.03 Å². The summed E-state index contributed by atoms with van der Waals surface area (Å²) < 4.78 is 16.9. The fourth-order valence-corrected chi connectivity index (χ4v) is 4.08. The summed E-state index contributed by atoms with van der Waals surface area (Å²) in [5.74, 6) is 0.585. The van der Waals surface area contributed by atoms with Gasteiger partial charge in [0.15, 0.2) is 17.0 Å². The highest BCUT2D eigenvalue weighted by atomic mass is 16.6. The molecule has 0 bridgehead atoms. The molecule has 2 atom stereocenters. The predicted octanol–water partition coefficient (Wildman–Crippen LogP) is 2.85. The van der Waals surface area contributed by atoms with Crippen molar-refractivity contribution >= 4 is 28.8 Å². The summed E-state index contributed by atoms with van der Waals surface area (Å²) in [7, 11) is 0. The molecule has 0 spiro atoms. The number of nitrogens with one attached hydrogen (secondary N) is 2. The largest absolute Gasteiger partial charge is 0.486 e. The first-order valence-corrected chi connectivity index (χ1v) is 10.7. The molecule has 170 valence electrons. The highest BCUT2D eigenvalue weighted by Gasteiger charge is 2.51. The van der Waals surface area contributed by atoms with E-state index in [1.807, 2.05) is 37.3 Å². The summed E-state index contributed by atoms with van der Waals surface area (Å²) in [6.07, 6.45) is 0. The minimum atomic E-state index is -1.39. The van der Waals surface area contributed by atoms with Crippen LogP contribution in [0.4, 0.5) is 4.79 Å². The third-order valence-corrected chi connectivity index (χ3v) is 5.94. The van der Waals surface area contributed by atoms with Crippen molar-refractivity contribution in [2.24, 2.45) is 0 Å². The topological polar surface area (TPSA) is 110 Å². The number of carbonyl (C=O) groups excluding carboxylic acids is 3. The maximum absolute atomic E-state index is 13.1. The van der Waals surface area contributed by atoms with Crippen molar-refractivity contribution in [3.8, 4) is 11.5 Å². The molecule has 33 heavy (non-hydrogen) atoms. The zero-order valence-electron chi connectivity index (χ0n) is 18.2. The molecule has 9 nitrogen and oxygen atoms in total. The van der Waals surface area contributed by atoms with Crippen LogP contribution in [-0.4, -0.2) is 42.5 Å². The quantitative estimate of drug-likeness (QED) is 0.580. The first-order valence-electron chi connectivity index (χ1n) is 10.7. The summed E-state index contributed by atoms with van der Waals surface area (Å²) in [6, 6.07) is 13.5. The average molecular weight is 449 g/mol. The van der Waals surface area contributed by atoms with Crippen molar-refractivity contribution in [1.82, 2.24) is 15.5 Å². The van der Waals surface area contributed by atoms with Gasteiger partial charge in [0, 0.05) is 5.39 Å². The highest BCUT2D eigenvalue weighted by Crippen LogP contribution is 2.34. The number of urea groups is 1. The number of hydrogen-bond acceptors (Lipinski definition) is 6. The van der Waals surface area contributed by atoms with E-state index in [2.05, 4.69) is 10.6 Å². The maximum Gasteiger partial charge on any atom is 0.325 e. The Hall–Kier alpha value is -4.01. The molecule has 2 aromatic carbocycles. The molecule has 3 aromatic rings. The number of ether oxygens (including phenoxy) is 2. The Bertz CT molecular complexity index is 1240. The van der Waals surface area contributed by atoms with Crippen LogP contribution >= 0.6 is 0 Å². The molecule has 0 radical (unpaired) electrons. The van der Waals surface area contributed by atoms with Gasteiger partial charge in [-0.3, -0.25) is 14.5 Å². The number of furan rings is 1. The van der Waals surface area contributed by atoms with Gasteiger partial charge in [-0.1, -0.05) is 24.3 Å². The zero-order valence-corrected chi connectivity index (χ0v) is 18.2. The van der Waals surface area contributed by atoms with Gasteiger partial charge in [0.2, 0.25) is 5.91 Å². The summed E-state index contributed by atoms with van der Waals surface area (Å²) in [5.41, 5.74) is 0.0369. The molecule has 2 aliphatic rings. The van der Waals surface area contributed by atoms with Crippen LogP contribution in [0.25, 0.3) is 11.0 Å². The number of nitrogens with zero attached hydrogens (tertiary/aromatic N) is 1. The van der Waals surface area contributed by atoms with E-state index < -0.39 is 29.9 Å². The molecular weight excluding hydrogens is 426 g/mol. The van der Waals surface area contributed by atoms with Crippen LogP contribution in [0, 0.1) is 0 Å². The first kappa shape index (κ1) is 20.9. The molecule has 2 N–H and O–H groups in total. The van der Waals surface area contributed by atoms with Crippen LogP contribution in [0.15, 0.2) is 52.9 Å². The van der Waals surface area contributed by atoms with E-state index in [4.69, 9.17) is 13.9 Å². The maximum atomic E-state index is 13.1. The van der Waals surface area contributed by atoms with Crippen LogP contribution in [0.1, 0.15) is 31.2 Å². The van der Waals surface area contributed by atoms with Gasteiger partial charge in [0.25, 0.3) is 5.91 Å². The minimum Gasteiger partial charge on any atom is -0.486 e. The van der Waals surface area contributed by atoms with Crippen molar-refractivity contribution in [3.63, 3.8) is 0 Å². The number of para-hydroxylation sites is 1. The Morgan fingerprint density at radius 3 is 2.67 bits per heavy atom. The molecule has 4 amide bonds. The number of rotatable bonds is 5. The van der Waals surface area contributed by atoms with Crippen LogP contribution in [-0.2, 0) is 15.1 Å². The Morgan fingerprint density at radius 1 is 1.12 bits per heavy atom. The molecule has 2 aliphatic heterocycles. The van der Waals surface area contributed by atoms with E-state index in [1.54, 1.807) is 25.1 Å². The SMILES string of the molecule is C[C@@H](NC(=O)CN1C(=O)N[C@](C)(c2cc3ccccc3o2)C1=O)c1ccc2c(c1)OCCO2. The van der Waals surface area contributed by atoms with Gasteiger partial charge < -0.3 is 24.5 Å². The van der Waals surface area contributed by atoms with E-state index in [0.29, 0.717) is 36.1 Å². The zero-order chi connectivity index (χ0) is 23.2. The summed E-state index contributed by atoms with van der Waals surface area (Å²) >= 11 is 0. The number of hydrogen-bond donors (Lipinski definition) is 2. The Kier molecular flexibility index (Phi) is 4.96. The second-order valence-corrected chi connectivity index (χ2v) is 8.29. The minimum absolute atomic E-state index is 0.314. The van der Waals surface area contributed by atoms with E-state index in [0.717, 1.165) is 15.8 Å². The summed E-state index contributed by atoms with van der Waals surface area (Å²) in [4.78, 5) is 39.3. The van der Waals surface area contributed by atoms with Crippen molar-refractivity contribution in [2.45, 2.75) is 25.4 Å². The van der Waals surface area contributed by atoms with Gasteiger partial charge in [0.05, 0.1) is 6.04 Å². The number of amides is 4. The van der Waals surface area contributed by atoms with Crippen LogP contribution < -0.4 is 20.1 Å². The summed E-state index contributed by atoms with van der Waals surface area (Å²) in [5, 5.41) is 6.31. The lowest BCUT2D eigenvalue weighted by molar-refractivity contribution is -0.135. The van der Waals surface area contributed by atoms with Gasteiger partial charge in [-0.05, 0) is 43.7 Å². The van der Waals surface area contributed by atoms with E-state index in [-0.39, 0.29) is 6.04 Å². The molecule has 1 saturated heterocycles. The lowest BCUT2D eigenvalue weighted by Gasteiger charge is -2.22. The van der Waals surface area contributed by atoms with Crippen molar-refractivity contribution in [1.29, 1.82) is 0 Å². The number of fused-ring (bicyclic) bond motifs is 2. The Labute approximate surface area is 189 Å². The monoisotopic (exact) mass is 449 g/mol. The predicted molar refractivity (Wildman–Crippen MR) is 118 cm³/mol. The van der Waals surface area contributed by atoms with E-state index in [1.165, 1.54) is 0 Å². The molecule has 5 rings (SSSR count). The van der Waals surface area contributed by atoms with Crippen molar-refractivity contribution in [2.75, 3.05) is 19.8 Å². The first-order chi connectivity index (χ1) is 15.8. The third kappa shape index (κ3) is 3.65. The second-order valence-electron chi connectivity index (χ2n) is 8.29. The van der Waals surface area contributed by atoms with Crippen LogP contribution in [0.2, 0.25) is 0 Å². The van der Waals surface area contributed by atoms with Gasteiger partial charge in [0.1, 0.15) is 31.1 Å². The van der Waals surface area contributed by atoms with Gasteiger partial charge in [-0.2, -0.15) is 0 Å². The lowest BCUT2D eigenvalue weighted by atomic mass is 9.99. The van der Waals surface area contributed by atoms with E-state index >= 15 is 0 Å². The second kappa shape index (κ2) is 7.84. The molecule has 1 aromatic heterocycles. The van der Waals surface area contributed by atoms with Crippen molar-refractivity contribution in [3.05, 3.63) is 59.9 Å². The molecule has 0 unspecified atom stereocenters. The molecular formula is C24H23N3O6. The number of carbonyl (C=O) groups is 3. The fraction of sp³-hybridized carbons (Fsp3) is 0.292. The number of benzene rings is 2. The lowest BCUT2D eigenvalue weighted by Crippen LogP contribution is -2.43. The molecule has 9 heteroatoms. The smallest absolute Gasteiger partial charge is 0.325 e. The van der Waals surface area contributed by atoms with Crippen LogP contribution in [0.3, 0.4) is 0 Å². The molecule has 3 heterocycles. The molecule has 0 aliphatic carbocycles. The highest BCUT2D eigenvalue weighted by molar-refractivity contribution is 6.09. The number of imide groups is 1. The third-order valence-electron chi connectivity index (χ3n) is 5.94. The molecule has 0 saturated carbocycles. The van der Waals surface area contributed by atoms with Crippen molar-refractivity contribution < 1.29 is 28.3 Å². The fourth-order valence-electron chi connectivity index (χ4n) is 4.08. The Balaban J connectivity index is 1.28.